The zero-order valence-corrected chi connectivity index (χ0v) is 15.2. The van der Waals surface area contributed by atoms with Crippen LogP contribution in [0.2, 0.25) is 0 Å². The maximum absolute atomic E-state index is 13.2. The Kier molecular flexibility index (Phi) is 4.82. The number of hydroxylamine groups is 2. The van der Waals surface area contributed by atoms with Crippen LogP contribution in [0.5, 0.6) is 0 Å². The Bertz CT molecular complexity index is 1020. The molecule has 148 valence electrons. The molecule has 1 fully saturated rings. The van der Waals surface area contributed by atoms with Crippen LogP contribution in [0, 0.1) is 10.1 Å². The van der Waals surface area contributed by atoms with Gasteiger partial charge < -0.3 is 15.5 Å². The van der Waals surface area contributed by atoms with Crippen LogP contribution in [0.1, 0.15) is 33.8 Å². The van der Waals surface area contributed by atoms with Crippen LogP contribution in [-0.2, 0) is 9.63 Å². The van der Waals surface area contributed by atoms with Crippen LogP contribution in [-0.4, -0.2) is 41.0 Å². The molecule has 4 rings (SSSR count). The molecule has 10 nitrogen and oxygen atoms in total. The van der Waals surface area contributed by atoms with Crippen LogP contribution in [0.15, 0.2) is 53.6 Å². The van der Waals surface area contributed by atoms with Crippen molar-refractivity contribution in [3.63, 3.8) is 0 Å². The minimum atomic E-state index is -0.889. The summed E-state index contributed by atoms with van der Waals surface area (Å²) in [6, 6.07) is 13.8. The van der Waals surface area contributed by atoms with Gasteiger partial charge in [0.15, 0.2) is 5.03 Å². The Balaban J connectivity index is 1.73. The summed E-state index contributed by atoms with van der Waals surface area (Å²) in [5.41, 5.74) is 1.94. The van der Waals surface area contributed by atoms with E-state index in [-0.39, 0.29) is 18.4 Å². The van der Waals surface area contributed by atoms with Gasteiger partial charge in [-0.15, -0.1) is 0 Å². The van der Waals surface area contributed by atoms with Gasteiger partial charge in [-0.1, -0.05) is 36.4 Å². The standard InChI is InChI=1S/C19H17N5O5/c25-17-13-7-2-1-6-12(13)16(14-8-3-4-9-15(14)21-17)18(26)29-23-11-5-10-20-19(23)22-24(27)28/h1-4,6-9,16H,5,10-11H2,(H,20,22)(H,21,25). The van der Waals surface area contributed by atoms with Crippen LogP contribution >= 0.6 is 0 Å². The fourth-order valence-electron chi connectivity index (χ4n) is 3.46. The lowest BCUT2D eigenvalue weighted by atomic mass is 9.88. The molecule has 0 saturated carbocycles. The number of nitrogens with one attached hydrogen (secondary N) is 2. The van der Waals surface area contributed by atoms with Gasteiger partial charge in [0.2, 0.25) is 0 Å². The first kappa shape index (κ1) is 18.4. The minimum Gasteiger partial charge on any atom is -0.348 e. The molecule has 0 aliphatic carbocycles. The van der Waals surface area contributed by atoms with Crippen LogP contribution in [0.4, 0.5) is 5.69 Å². The maximum atomic E-state index is 13.2. The summed E-state index contributed by atoms with van der Waals surface area (Å²) in [6.07, 6.45) is 0.613. The predicted octanol–water partition coefficient (Wildman–Crippen LogP) is 1.69. The normalized spacial score (nSPS) is 19.3. The number of nitrogens with zero attached hydrogens (tertiary/aromatic N) is 3. The average molecular weight is 395 g/mol. The van der Waals surface area contributed by atoms with Crippen molar-refractivity contribution in [1.82, 2.24) is 10.4 Å². The van der Waals surface area contributed by atoms with E-state index in [1.807, 2.05) is 0 Å². The number of hydrogen-bond donors (Lipinski definition) is 2. The van der Waals surface area contributed by atoms with E-state index in [2.05, 4.69) is 15.7 Å². The quantitative estimate of drug-likeness (QED) is 0.598. The zero-order chi connectivity index (χ0) is 20.4. The second kappa shape index (κ2) is 7.58. The smallest absolute Gasteiger partial charge is 0.344 e. The molecule has 1 saturated heterocycles. The second-order valence-corrected chi connectivity index (χ2v) is 6.52. The monoisotopic (exact) mass is 395 g/mol. The molecule has 2 aromatic carbocycles. The Labute approximate surface area is 165 Å². The van der Waals surface area contributed by atoms with Crippen LogP contribution in [0.3, 0.4) is 0 Å². The molecule has 2 aromatic rings. The Morgan fingerprint density at radius 1 is 1.17 bits per heavy atom. The molecule has 2 aliphatic rings. The summed E-state index contributed by atoms with van der Waals surface area (Å²) in [5.74, 6) is -2.01. The highest BCUT2D eigenvalue weighted by Crippen LogP contribution is 2.36. The minimum absolute atomic E-state index is 0.140. The summed E-state index contributed by atoms with van der Waals surface area (Å²) >= 11 is 0. The Morgan fingerprint density at radius 3 is 2.69 bits per heavy atom. The zero-order valence-electron chi connectivity index (χ0n) is 15.2. The molecule has 2 aliphatic heterocycles. The number of rotatable bonds is 3. The van der Waals surface area contributed by atoms with Crippen molar-refractivity contribution >= 4 is 23.5 Å². The number of hydrogen-bond acceptors (Lipinski definition) is 5. The van der Waals surface area contributed by atoms with Crippen molar-refractivity contribution in [2.24, 2.45) is 5.10 Å². The third kappa shape index (κ3) is 3.59. The van der Waals surface area contributed by atoms with Gasteiger partial charge in [-0.25, -0.2) is 14.9 Å². The topological polar surface area (TPSA) is 126 Å². The molecule has 0 radical (unpaired) electrons. The maximum Gasteiger partial charge on any atom is 0.344 e. The van der Waals surface area contributed by atoms with E-state index in [1.165, 1.54) is 0 Å². The third-order valence-corrected chi connectivity index (χ3v) is 4.71. The Hall–Kier alpha value is -3.95. The van der Waals surface area contributed by atoms with Gasteiger partial charge in [-0.3, -0.25) is 4.79 Å². The lowest BCUT2D eigenvalue weighted by molar-refractivity contribution is -0.486. The van der Waals surface area contributed by atoms with Gasteiger partial charge in [0.05, 0.1) is 6.54 Å². The van der Waals surface area contributed by atoms with E-state index in [4.69, 9.17) is 4.84 Å². The van der Waals surface area contributed by atoms with Crippen molar-refractivity contribution in [1.29, 1.82) is 0 Å². The molecule has 0 bridgehead atoms. The van der Waals surface area contributed by atoms with Gasteiger partial charge in [0, 0.05) is 17.8 Å². The van der Waals surface area contributed by atoms with Crippen molar-refractivity contribution in [3.8, 4) is 0 Å². The first-order valence-electron chi connectivity index (χ1n) is 9.00. The van der Waals surface area contributed by atoms with E-state index in [9.17, 15) is 19.7 Å². The molecule has 2 heterocycles. The summed E-state index contributed by atoms with van der Waals surface area (Å²) in [5, 5.41) is 19.8. The highest BCUT2D eigenvalue weighted by atomic mass is 16.7. The largest absolute Gasteiger partial charge is 0.348 e. The number of para-hydroxylation sites is 1. The van der Waals surface area contributed by atoms with Crippen molar-refractivity contribution in [2.45, 2.75) is 12.3 Å². The van der Waals surface area contributed by atoms with Gasteiger partial charge in [-0.2, -0.15) is 5.06 Å². The third-order valence-electron chi connectivity index (χ3n) is 4.71. The highest BCUT2D eigenvalue weighted by Gasteiger charge is 2.35. The van der Waals surface area contributed by atoms with Crippen molar-refractivity contribution in [3.05, 3.63) is 75.3 Å². The molecule has 0 aromatic heterocycles. The van der Waals surface area contributed by atoms with E-state index >= 15 is 0 Å². The Morgan fingerprint density at radius 2 is 1.90 bits per heavy atom. The number of carbonyl (C=O) groups excluding carboxylic acids is 2. The molecule has 29 heavy (non-hydrogen) atoms. The lowest BCUT2D eigenvalue weighted by Gasteiger charge is -2.29. The molecular formula is C19H17N5O5. The molecule has 1 atom stereocenters. The summed E-state index contributed by atoms with van der Waals surface area (Å²) < 4.78 is 0. The number of carbonyl (C=O) groups is 2. The number of anilines is 1. The number of fused-ring (bicyclic) bond motifs is 2. The number of hydrazone groups is 1. The van der Waals surface area contributed by atoms with E-state index < -0.39 is 16.9 Å². The fourth-order valence-corrected chi connectivity index (χ4v) is 3.46. The number of guanidine groups is 1. The fraction of sp³-hybridized carbons (Fsp3) is 0.211. The van der Waals surface area contributed by atoms with E-state index in [0.717, 1.165) is 5.06 Å². The van der Waals surface area contributed by atoms with E-state index in [0.29, 0.717) is 35.3 Å². The highest BCUT2D eigenvalue weighted by molar-refractivity contribution is 6.09. The number of benzene rings is 2. The van der Waals surface area contributed by atoms with Gasteiger partial charge in [0.1, 0.15) is 11.0 Å². The summed E-state index contributed by atoms with van der Waals surface area (Å²) in [4.78, 5) is 42.1. The SMILES string of the molecule is O=C1Nc2ccccc2C(C(=O)ON2CCCNC2=N[N+](=O)[O-])c2ccccc21. The molecule has 2 N–H and O–H groups in total. The van der Waals surface area contributed by atoms with Crippen LogP contribution in [0.25, 0.3) is 0 Å². The first-order valence-corrected chi connectivity index (χ1v) is 9.00. The van der Waals surface area contributed by atoms with Crippen molar-refractivity contribution < 1.29 is 19.5 Å². The number of amides is 1. The lowest BCUT2D eigenvalue weighted by Crippen LogP contribution is -2.49. The van der Waals surface area contributed by atoms with Gasteiger partial charge >= 0.3 is 11.9 Å². The predicted molar refractivity (Wildman–Crippen MR) is 103 cm³/mol. The van der Waals surface area contributed by atoms with E-state index in [1.54, 1.807) is 48.5 Å². The molecule has 0 spiro atoms. The molecule has 1 unspecified atom stereocenters. The molecular weight excluding hydrogens is 378 g/mol. The molecule has 10 heteroatoms. The van der Waals surface area contributed by atoms with Crippen molar-refractivity contribution in [2.75, 3.05) is 18.4 Å². The summed E-state index contributed by atoms with van der Waals surface area (Å²) in [7, 11) is 0. The average Bonchev–Trinajstić information content (AvgIpc) is 2.83. The number of nitro groups is 1. The summed E-state index contributed by atoms with van der Waals surface area (Å²) in [6.45, 7) is 0.743. The molecule has 1 amide bonds. The van der Waals surface area contributed by atoms with Gasteiger partial charge in [-0.05, 0) is 29.7 Å². The first-order chi connectivity index (χ1) is 14.0. The second-order valence-electron chi connectivity index (χ2n) is 6.52. The van der Waals surface area contributed by atoms with Crippen LogP contribution < -0.4 is 10.6 Å². The van der Waals surface area contributed by atoms with Gasteiger partial charge in [0.25, 0.3) is 5.91 Å².